The summed E-state index contributed by atoms with van der Waals surface area (Å²) in [4.78, 5) is 35.4. The van der Waals surface area contributed by atoms with E-state index in [1.165, 1.54) is 24.3 Å². The van der Waals surface area contributed by atoms with E-state index in [4.69, 9.17) is 9.47 Å². The Morgan fingerprint density at radius 3 is 1.98 bits per heavy atom. The van der Waals surface area contributed by atoms with Gasteiger partial charge in [-0.15, -0.1) is 0 Å². The Morgan fingerprint density at radius 1 is 0.750 bits per heavy atom. The lowest BCUT2D eigenvalue weighted by atomic mass is 10.0. The number of ether oxygens (including phenoxy) is 2. The summed E-state index contributed by atoms with van der Waals surface area (Å²) in [7, 11) is 0. The zero-order chi connectivity index (χ0) is 29.6. The number of aromatic hydroxyl groups is 5. The zero-order valence-electron chi connectivity index (χ0n) is 20.4. The van der Waals surface area contributed by atoms with Crippen molar-refractivity contribution in [2.75, 3.05) is 0 Å². The normalized spacial score (nSPS) is 13.3. The van der Waals surface area contributed by atoms with Crippen LogP contribution in [0.3, 0.4) is 0 Å². The van der Waals surface area contributed by atoms with Gasteiger partial charge in [0, 0.05) is 12.5 Å². The first-order chi connectivity index (χ1) is 18.8. The molecule has 0 saturated heterocycles. The molecule has 0 unspecified atom stereocenters. The Hall–Kier alpha value is -5.43. The highest BCUT2D eigenvalue weighted by Gasteiger charge is 2.31. The maximum Gasteiger partial charge on any atom is 0.348 e. The van der Waals surface area contributed by atoms with E-state index in [2.05, 4.69) is 0 Å². The predicted octanol–water partition coefficient (Wildman–Crippen LogP) is 2.03. The molecule has 0 spiro atoms. The van der Waals surface area contributed by atoms with Crippen LogP contribution in [-0.2, 0) is 25.5 Å². The van der Waals surface area contributed by atoms with Gasteiger partial charge in [-0.05, 0) is 59.2 Å². The van der Waals surface area contributed by atoms with Gasteiger partial charge in [0.15, 0.2) is 34.5 Å². The number of phenols is 5. The van der Waals surface area contributed by atoms with Crippen molar-refractivity contribution < 1.29 is 64.7 Å². The minimum absolute atomic E-state index is 0.0814. The minimum Gasteiger partial charge on any atom is -0.504 e. The van der Waals surface area contributed by atoms with Gasteiger partial charge in [-0.25, -0.2) is 14.4 Å². The summed E-state index contributed by atoms with van der Waals surface area (Å²) in [5.74, 6) is -6.92. The highest BCUT2D eigenvalue weighted by molar-refractivity contribution is 5.89. The lowest BCUT2D eigenvalue weighted by Crippen LogP contribution is -2.33. The largest absolute Gasteiger partial charge is 0.504 e. The molecule has 0 amide bonds. The molecule has 8 N–H and O–H groups in total. The molecule has 0 radical (unpaired) electrons. The standard InChI is InChI=1S/C27H24O13/c28-16-5-1-14(10-18(16)30)11-22(26(35)36)39-23(33)8-3-13-2-7-21(20(32)9-13)40-25(27(37)38)24(34)15-4-6-17(29)19(31)12-15/h1-10,12,22,24-25,28-32,34H,11H2,(H,35,36)(H,37,38)/b8-3+/t22-,24-,25-/m1/s1. The third kappa shape index (κ3) is 7.33. The number of rotatable bonds is 11. The average Bonchev–Trinajstić information content (AvgIpc) is 2.89. The summed E-state index contributed by atoms with van der Waals surface area (Å²) in [6.07, 6.45) is -3.56. The highest BCUT2D eigenvalue weighted by atomic mass is 16.6. The number of carbonyl (C=O) groups excluding carboxylic acids is 1. The quantitative estimate of drug-likeness (QED) is 0.0961. The van der Waals surface area contributed by atoms with Crippen LogP contribution in [0.4, 0.5) is 0 Å². The van der Waals surface area contributed by atoms with Crippen molar-refractivity contribution in [3.05, 3.63) is 77.4 Å². The van der Waals surface area contributed by atoms with Gasteiger partial charge < -0.3 is 50.3 Å². The summed E-state index contributed by atoms with van der Waals surface area (Å²) >= 11 is 0. The molecule has 13 nitrogen and oxygen atoms in total. The van der Waals surface area contributed by atoms with E-state index in [9.17, 15) is 55.2 Å². The van der Waals surface area contributed by atoms with Crippen molar-refractivity contribution in [3.63, 3.8) is 0 Å². The molecule has 0 bridgehead atoms. The number of phenolic OH excluding ortho intramolecular Hbond substituents is 5. The summed E-state index contributed by atoms with van der Waals surface area (Å²) in [5.41, 5.74) is 0.419. The van der Waals surface area contributed by atoms with E-state index in [0.717, 1.165) is 42.5 Å². The van der Waals surface area contributed by atoms with Crippen molar-refractivity contribution in [2.45, 2.75) is 24.7 Å². The molecule has 3 atom stereocenters. The maximum absolute atomic E-state index is 12.2. The number of carboxylic acid groups (broad SMARTS) is 2. The van der Waals surface area contributed by atoms with Crippen LogP contribution < -0.4 is 4.74 Å². The number of benzene rings is 3. The maximum atomic E-state index is 12.2. The number of hydrogen-bond acceptors (Lipinski definition) is 11. The monoisotopic (exact) mass is 556 g/mol. The molecule has 0 saturated carbocycles. The molecule has 3 rings (SSSR count). The number of carbonyl (C=O) groups is 3. The van der Waals surface area contributed by atoms with Crippen LogP contribution in [0.5, 0.6) is 34.5 Å². The first kappa shape index (κ1) is 29.1. The van der Waals surface area contributed by atoms with Crippen LogP contribution in [-0.4, -0.2) is 71.0 Å². The predicted molar refractivity (Wildman–Crippen MR) is 135 cm³/mol. The van der Waals surface area contributed by atoms with E-state index < -0.39 is 65.0 Å². The summed E-state index contributed by atoms with van der Waals surface area (Å²) in [5, 5.41) is 77.5. The summed E-state index contributed by atoms with van der Waals surface area (Å²) in [6.45, 7) is 0. The van der Waals surface area contributed by atoms with E-state index in [1.54, 1.807) is 0 Å². The zero-order valence-corrected chi connectivity index (χ0v) is 20.4. The smallest absolute Gasteiger partial charge is 0.348 e. The van der Waals surface area contributed by atoms with Gasteiger partial charge in [-0.1, -0.05) is 18.2 Å². The molecule has 13 heteroatoms. The van der Waals surface area contributed by atoms with Gasteiger partial charge >= 0.3 is 17.9 Å². The van der Waals surface area contributed by atoms with E-state index in [1.807, 2.05) is 0 Å². The number of aliphatic hydroxyl groups is 1. The Morgan fingerprint density at radius 2 is 1.40 bits per heavy atom. The van der Waals surface area contributed by atoms with Crippen LogP contribution in [0.15, 0.2) is 60.7 Å². The molecular weight excluding hydrogens is 532 g/mol. The lowest BCUT2D eigenvalue weighted by molar-refractivity contribution is -0.160. The Bertz CT molecular complexity index is 1450. The fourth-order valence-electron chi connectivity index (χ4n) is 3.46. The van der Waals surface area contributed by atoms with Crippen molar-refractivity contribution in [1.29, 1.82) is 0 Å². The fraction of sp³-hybridized carbons (Fsp3) is 0.148. The second-order valence-corrected chi connectivity index (χ2v) is 8.42. The van der Waals surface area contributed by atoms with Gasteiger partial charge in [0.1, 0.15) is 6.10 Å². The molecule has 0 aliphatic carbocycles. The molecule has 0 heterocycles. The first-order valence-corrected chi connectivity index (χ1v) is 11.4. The van der Waals surface area contributed by atoms with Crippen LogP contribution in [0.1, 0.15) is 22.8 Å². The van der Waals surface area contributed by atoms with E-state index >= 15 is 0 Å². The van der Waals surface area contributed by atoms with Crippen LogP contribution in [0.25, 0.3) is 6.08 Å². The number of hydrogen-bond donors (Lipinski definition) is 8. The van der Waals surface area contributed by atoms with Gasteiger partial charge in [-0.2, -0.15) is 0 Å². The summed E-state index contributed by atoms with van der Waals surface area (Å²) in [6, 6.07) is 10.4. The third-order valence-corrected chi connectivity index (χ3v) is 5.51. The minimum atomic E-state index is -1.92. The van der Waals surface area contributed by atoms with Crippen molar-refractivity contribution >= 4 is 24.0 Å². The molecule has 0 fully saturated rings. The van der Waals surface area contributed by atoms with E-state index in [0.29, 0.717) is 0 Å². The van der Waals surface area contributed by atoms with Crippen LogP contribution >= 0.6 is 0 Å². The molecule has 0 aromatic heterocycles. The van der Waals surface area contributed by atoms with E-state index in [-0.39, 0.29) is 28.9 Å². The van der Waals surface area contributed by atoms with Crippen molar-refractivity contribution in [2.24, 2.45) is 0 Å². The van der Waals surface area contributed by atoms with Crippen molar-refractivity contribution in [3.8, 4) is 34.5 Å². The Balaban J connectivity index is 1.68. The second-order valence-electron chi connectivity index (χ2n) is 8.42. The second kappa shape index (κ2) is 12.4. The highest BCUT2D eigenvalue weighted by Crippen LogP contribution is 2.33. The van der Waals surface area contributed by atoms with Gasteiger partial charge in [0.25, 0.3) is 0 Å². The molecule has 3 aromatic rings. The molecule has 0 aliphatic heterocycles. The summed E-state index contributed by atoms with van der Waals surface area (Å²) < 4.78 is 10.2. The Kier molecular flexibility index (Phi) is 9.04. The van der Waals surface area contributed by atoms with Gasteiger partial charge in [0.05, 0.1) is 0 Å². The molecule has 3 aromatic carbocycles. The number of aliphatic carboxylic acids is 2. The molecular formula is C27H24O13. The first-order valence-electron chi connectivity index (χ1n) is 11.4. The number of aliphatic hydroxyl groups excluding tert-OH is 1. The fourth-order valence-corrected chi connectivity index (χ4v) is 3.46. The number of carboxylic acids is 2. The van der Waals surface area contributed by atoms with Crippen LogP contribution in [0, 0.1) is 0 Å². The van der Waals surface area contributed by atoms with Crippen molar-refractivity contribution in [1.82, 2.24) is 0 Å². The molecule has 40 heavy (non-hydrogen) atoms. The Labute approximate surface area is 225 Å². The molecule has 210 valence electrons. The molecule has 0 aliphatic rings. The van der Waals surface area contributed by atoms with Gasteiger partial charge in [-0.3, -0.25) is 0 Å². The topological polar surface area (TPSA) is 232 Å². The SMILES string of the molecule is O=C(/C=C/c1ccc(O[C@@H](C(=O)O)[C@H](O)c2ccc(O)c(O)c2)c(O)c1)O[C@H](Cc1ccc(O)c(O)c1)C(=O)O. The third-order valence-electron chi connectivity index (χ3n) is 5.51. The van der Waals surface area contributed by atoms with Crippen LogP contribution in [0.2, 0.25) is 0 Å². The lowest BCUT2D eigenvalue weighted by Gasteiger charge is -2.21. The average molecular weight is 556 g/mol. The van der Waals surface area contributed by atoms with Gasteiger partial charge in [0.2, 0.25) is 12.2 Å². The number of esters is 1.